The van der Waals surface area contributed by atoms with Crippen LogP contribution in [-0.4, -0.2) is 26.8 Å². The summed E-state index contributed by atoms with van der Waals surface area (Å²) in [6, 6.07) is 5.79. The molecule has 0 unspecified atom stereocenters. The average Bonchev–Trinajstić information content (AvgIpc) is 2.42. The smallest absolute Gasteiger partial charge is 0.133 e. The fourth-order valence-electron chi connectivity index (χ4n) is 2.23. The van der Waals surface area contributed by atoms with E-state index in [1.165, 1.54) is 19.4 Å². The number of halogens is 1. The molecule has 0 amide bonds. The average molecular weight is 314 g/mol. The van der Waals surface area contributed by atoms with Crippen LogP contribution in [-0.2, 0) is 0 Å². The van der Waals surface area contributed by atoms with Gasteiger partial charge in [0.05, 0.1) is 18.2 Å². The SMILES string of the molecule is COc1ccc(OCC[C@@H]2CCCNC2)c(Br)c1. The Morgan fingerprint density at radius 3 is 3.00 bits per heavy atom. The third-order valence-corrected chi connectivity index (χ3v) is 3.94. The van der Waals surface area contributed by atoms with Crippen molar-refractivity contribution in [3.8, 4) is 11.5 Å². The Hall–Kier alpha value is -0.740. The minimum Gasteiger partial charge on any atom is -0.497 e. The second kappa shape index (κ2) is 7.00. The quantitative estimate of drug-likeness (QED) is 0.905. The second-order valence-electron chi connectivity index (χ2n) is 4.65. The Balaban J connectivity index is 1.79. The molecular formula is C14H20BrNO2. The third kappa shape index (κ3) is 3.89. The lowest BCUT2D eigenvalue weighted by molar-refractivity contribution is 0.253. The summed E-state index contributed by atoms with van der Waals surface area (Å²) in [6.07, 6.45) is 3.72. The van der Waals surface area contributed by atoms with Crippen LogP contribution < -0.4 is 14.8 Å². The van der Waals surface area contributed by atoms with Crippen molar-refractivity contribution in [1.82, 2.24) is 5.32 Å². The van der Waals surface area contributed by atoms with E-state index >= 15 is 0 Å². The van der Waals surface area contributed by atoms with E-state index in [-0.39, 0.29) is 0 Å². The van der Waals surface area contributed by atoms with Crippen LogP contribution in [0.25, 0.3) is 0 Å². The van der Waals surface area contributed by atoms with Crippen molar-refractivity contribution in [3.63, 3.8) is 0 Å². The maximum atomic E-state index is 5.81. The molecular weight excluding hydrogens is 294 g/mol. The summed E-state index contributed by atoms with van der Waals surface area (Å²) in [5, 5.41) is 3.43. The summed E-state index contributed by atoms with van der Waals surface area (Å²) in [4.78, 5) is 0. The molecule has 0 aliphatic carbocycles. The van der Waals surface area contributed by atoms with Crippen LogP contribution in [0, 0.1) is 5.92 Å². The summed E-state index contributed by atoms with van der Waals surface area (Å²) in [6.45, 7) is 3.08. The molecule has 0 radical (unpaired) electrons. The number of methoxy groups -OCH3 is 1. The number of benzene rings is 1. The van der Waals surface area contributed by atoms with Gasteiger partial charge in [-0.05, 0) is 72.4 Å². The van der Waals surface area contributed by atoms with Crippen LogP contribution in [0.4, 0.5) is 0 Å². The minimum atomic E-state index is 0.760. The molecule has 2 rings (SSSR count). The Morgan fingerprint density at radius 1 is 1.44 bits per heavy atom. The molecule has 100 valence electrons. The highest BCUT2D eigenvalue weighted by atomic mass is 79.9. The van der Waals surface area contributed by atoms with Gasteiger partial charge < -0.3 is 14.8 Å². The summed E-state index contributed by atoms with van der Waals surface area (Å²) in [5.41, 5.74) is 0. The van der Waals surface area contributed by atoms with Crippen molar-refractivity contribution in [1.29, 1.82) is 0 Å². The fraction of sp³-hybridized carbons (Fsp3) is 0.571. The van der Waals surface area contributed by atoms with E-state index in [9.17, 15) is 0 Å². The zero-order valence-electron chi connectivity index (χ0n) is 10.7. The summed E-state index contributed by atoms with van der Waals surface area (Å²) in [7, 11) is 1.67. The van der Waals surface area contributed by atoms with Gasteiger partial charge in [0.2, 0.25) is 0 Å². The second-order valence-corrected chi connectivity index (χ2v) is 5.50. The van der Waals surface area contributed by atoms with Crippen LogP contribution in [0.2, 0.25) is 0 Å². The van der Waals surface area contributed by atoms with Gasteiger partial charge in [-0.2, -0.15) is 0 Å². The van der Waals surface area contributed by atoms with Crippen molar-refractivity contribution in [2.24, 2.45) is 5.92 Å². The highest BCUT2D eigenvalue weighted by molar-refractivity contribution is 9.10. The first-order valence-corrected chi connectivity index (χ1v) is 7.26. The van der Waals surface area contributed by atoms with E-state index in [0.717, 1.165) is 41.5 Å². The Morgan fingerprint density at radius 2 is 2.33 bits per heavy atom. The monoisotopic (exact) mass is 313 g/mol. The normalized spacial score (nSPS) is 19.6. The minimum absolute atomic E-state index is 0.760. The van der Waals surface area contributed by atoms with Gasteiger partial charge in [-0.1, -0.05) is 0 Å². The number of hydrogen-bond donors (Lipinski definition) is 1. The van der Waals surface area contributed by atoms with E-state index in [4.69, 9.17) is 9.47 Å². The van der Waals surface area contributed by atoms with Gasteiger partial charge in [-0.15, -0.1) is 0 Å². The number of hydrogen-bond acceptors (Lipinski definition) is 3. The highest BCUT2D eigenvalue weighted by Gasteiger charge is 2.13. The molecule has 1 atom stereocenters. The summed E-state index contributed by atoms with van der Waals surface area (Å²) < 4.78 is 11.9. The number of rotatable bonds is 5. The molecule has 1 aromatic carbocycles. The van der Waals surface area contributed by atoms with E-state index in [2.05, 4.69) is 21.2 Å². The molecule has 1 heterocycles. The Labute approximate surface area is 117 Å². The fourth-order valence-corrected chi connectivity index (χ4v) is 2.70. The topological polar surface area (TPSA) is 30.5 Å². The van der Waals surface area contributed by atoms with E-state index in [0.29, 0.717) is 0 Å². The molecule has 0 aromatic heterocycles. The van der Waals surface area contributed by atoms with Crippen LogP contribution in [0.15, 0.2) is 22.7 Å². The Kier molecular flexibility index (Phi) is 5.32. The predicted molar refractivity (Wildman–Crippen MR) is 76.4 cm³/mol. The maximum absolute atomic E-state index is 5.81. The summed E-state index contributed by atoms with van der Waals surface area (Å²) in [5.74, 6) is 2.49. The third-order valence-electron chi connectivity index (χ3n) is 3.32. The first kappa shape index (κ1) is 13.7. The van der Waals surface area contributed by atoms with Crippen molar-refractivity contribution in [3.05, 3.63) is 22.7 Å². The van der Waals surface area contributed by atoms with E-state index in [1.54, 1.807) is 7.11 Å². The first-order chi connectivity index (χ1) is 8.79. The molecule has 1 saturated heterocycles. The molecule has 3 nitrogen and oxygen atoms in total. The van der Waals surface area contributed by atoms with Gasteiger partial charge in [-0.3, -0.25) is 0 Å². The van der Waals surface area contributed by atoms with Crippen molar-refractivity contribution >= 4 is 15.9 Å². The van der Waals surface area contributed by atoms with Crippen molar-refractivity contribution in [2.45, 2.75) is 19.3 Å². The molecule has 1 aromatic rings. The van der Waals surface area contributed by atoms with Gasteiger partial charge >= 0.3 is 0 Å². The van der Waals surface area contributed by atoms with Crippen LogP contribution in [0.3, 0.4) is 0 Å². The van der Waals surface area contributed by atoms with Gasteiger partial charge in [0.1, 0.15) is 11.5 Å². The Bertz CT molecular complexity index is 378. The zero-order valence-corrected chi connectivity index (χ0v) is 12.3. The zero-order chi connectivity index (χ0) is 12.8. The molecule has 0 spiro atoms. The molecule has 4 heteroatoms. The van der Waals surface area contributed by atoms with Gasteiger partial charge in [-0.25, -0.2) is 0 Å². The summed E-state index contributed by atoms with van der Waals surface area (Å²) >= 11 is 3.50. The van der Waals surface area contributed by atoms with E-state index < -0.39 is 0 Å². The van der Waals surface area contributed by atoms with Gasteiger partial charge in [0.15, 0.2) is 0 Å². The van der Waals surface area contributed by atoms with Crippen LogP contribution in [0.1, 0.15) is 19.3 Å². The standard InChI is InChI=1S/C14H20BrNO2/c1-17-12-4-5-14(13(15)9-12)18-8-6-11-3-2-7-16-10-11/h4-5,9,11,16H,2-3,6-8,10H2,1H3/t11-/m0/s1. The molecule has 1 aliphatic heterocycles. The first-order valence-electron chi connectivity index (χ1n) is 6.46. The maximum Gasteiger partial charge on any atom is 0.133 e. The van der Waals surface area contributed by atoms with Gasteiger partial charge in [0.25, 0.3) is 0 Å². The molecule has 0 bridgehead atoms. The molecule has 0 saturated carbocycles. The van der Waals surface area contributed by atoms with Crippen molar-refractivity contribution in [2.75, 3.05) is 26.8 Å². The van der Waals surface area contributed by atoms with E-state index in [1.807, 2.05) is 18.2 Å². The highest BCUT2D eigenvalue weighted by Crippen LogP contribution is 2.29. The van der Waals surface area contributed by atoms with Gasteiger partial charge in [0, 0.05) is 0 Å². The number of piperidine rings is 1. The predicted octanol–water partition coefficient (Wildman–Crippen LogP) is 3.23. The molecule has 1 fully saturated rings. The molecule has 18 heavy (non-hydrogen) atoms. The van der Waals surface area contributed by atoms with Crippen LogP contribution in [0.5, 0.6) is 11.5 Å². The lowest BCUT2D eigenvalue weighted by atomic mass is 9.97. The number of ether oxygens (including phenoxy) is 2. The lowest BCUT2D eigenvalue weighted by Gasteiger charge is -2.22. The lowest BCUT2D eigenvalue weighted by Crippen LogP contribution is -2.30. The molecule has 1 N–H and O–H groups in total. The molecule has 1 aliphatic rings. The van der Waals surface area contributed by atoms with Crippen molar-refractivity contribution < 1.29 is 9.47 Å². The van der Waals surface area contributed by atoms with Crippen LogP contribution >= 0.6 is 15.9 Å². The largest absolute Gasteiger partial charge is 0.497 e. The number of nitrogens with one attached hydrogen (secondary N) is 1.